The van der Waals surface area contributed by atoms with Crippen LogP contribution in [0.15, 0.2) is 76.6 Å². The van der Waals surface area contributed by atoms with Gasteiger partial charge in [0, 0.05) is 31.7 Å². The second-order valence-corrected chi connectivity index (χ2v) is 12.2. The van der Waals surface area contributed by atoms with E-state index in [9.17, 15) is 31.1 Å². The first kappa shape index (κ1) is 34.4. The Balaban J connectivity index is 1.15. The lowest BCUT2D eigenvalue weighted by Crippen LogP contribution is -2.47. The summed E-state index contributed by atoms with van der Waals surface area (Å²) in [6.45, 7) is 3.68. The lowest BCUT2D eigenvalue weighted by molar-refractivity contribution is -0.143. The van der Waals surface area contributed by atoms with Crippen LogP contribution in [-0.2, 0) is 30.2 Å². The molecule has 1 amide bonds. The number of amides is 1. The number of benzene rings is 3. The molecule has 0 saturated carbocycles. The van der Waals surface area contributed by atoms with Crippen molar-refractivity contribution in [2.45, 2.75) is 38.2 Å². The Morgan fingerprint density at radius 1 is 0.872 bits per heavy atom. The summed E-state index contributed by atoms with van der Waals surface area (Å²) in [4.78, 5) is 21.9. The highest BCUT2D eigenvalue weighted by Gasteiger charge is 2.38. The van der Waals surface area contributed by atoms with Crippen LogP contribution in [0, 0.1) is 0 Å². The summed E-state index contributed by atoms with van der Waals surface area (Å²) < 4.78 is 90.5. The summed E-state index contributed by atoms with van der Waals surface area (Å²) in [7, 11) is 1.35. The summed E-state index contributed by atoms with van der Waals surface area (Å²) >= 11 is 1.28. The van der Waals surface area contributed by atoms with Crippen molar-refractivity contribution in [1.82, 2.24) is 9.80 Å². The van der Waals surface area contributed by atoms with Gasteiger partial charge >= 0.3 is 12.4 Å². The zero-order valence-electron chi connectivity index (χ0n) is 25.5. The van der Waals surface area contributed by atoms with Crippen molar-refractivity contribution in [2.75, 3.05) is 39.8 Å². The molecule has 0 aliphatic carbocycles. The molecule has 0 atom stereocenters. The molecular formula is C34H33F6N3O3S. The number of nitrogens with zero attached hydrogens (tertiary/aromatic N) is 3. The number of amidine groups is 1. The Morgan fingerprint density at radius 2 is 1.62 bits per heavy atom. The standard InChI is InChI=1S/C34H33F6N3O3S/c1-45-29-19-24(10-13-28(29)46-22-25-11-12-26(33(35,36)37)21-27(25)34(38,39)40)20-30-31(44)41-32(47-30)43-17-15-42(16-18-43)14-6-5-9-23-7-3-2-4-8-23/h2-4,7-8,10-13,19-21H,5-6,9,14-18,22H2,1H3/b30-20-. The van der Waals surface area contributed by atoms with Gasteiger partial charge < -0.3 is 14.4 Å². The lowest BCUT2D eigenvalue weighted by Gasteiger charge is -2.35. The molecule has 0 unspecified atom stereocenters. The van der Waals surface area contributed by atoms with Gasteiger partial charge in [-0.05, 0) is 79.0 Å². The fraction of sp³-hybridized carbons (Fsp3) is 0.353. The van der Waals surface area contributed by atoms with E-state index in [2.05, 4.69) is 39.1 Å². The maximum absolute atomic E-state index is 13.5. The number of methoxy groups -OCH3 is 1. The average molecular weight is 678 g/mol. The molecule has 2 heterocycles. The lowest BCUT2D eigenvalue weighted by atomic mass is 10.0. The van der Waals surface area contributed by atoms with Gasteiger partial charge in [-0.1, -0.05) is 42.5 Å². The molecule has 1 saturated heterocycles. The Kier molecular flexibility index (Phi) is 10.9. The summed E-state index contributed by atoms with van der Waals surface area (Å²) in [5.41, 5.74) is -1.36. The van der Waals surface area contributed by atoms with Crippen LogP contribution in [0.3, 0.4) is 0 Å². The van der Waals surface area contributed by atoms with Crippen LogP contribution in [0.4, 0.5) is 26.3 Å². The van der Waals surface area contributed by atoms with E-state index in [1.54, 1.807) is 18.2 Å². The van der Waals surface area contributed by atoms with Crippen molar-refractivity contribution in [3.05, 3.63) is 99.5 Å². The van der Waals surface area contributed by atoms with Crippen LogP contribution in [0.5, 0.6) is 11.5 Å². The number of aliphatic imine (C=N–C) groups is 1. The second-order valence-electron chi connectivity index (χ2n) is 11.1. The monoisotopic (exact) mass is 677 g/mol. The smallest absolute Gasteiger partial charge is 0.416 e. The third-order valence-electron chi connectivity index (χ3n) is 7.90. The van der Waals surface area contributed by atoms with Gasteiger partial charge in [0.25, 0.3) is 5.91 Å². The van der Waals surface area contributed by atoms with Gasteiger partial charge in [-0.15, -0.1) is 0 Å². The van der Waals surface area contributed by atoms with Crippen LogP contribution in [0.1, 0.15) is 40.7 Å². The van der Waals surface area contributed by atoms with Gasteiger partial charge in [-0.25, -0.2) is 0 Å². The Morgan fingerprint density at radius 3 is 2.30 bits per heavy atom. The van der Waals surface area contributed by atoms with Crippen molar-refractivity contribution in [2.24, 2.45) is 4.99 Å². The van der Waals surface area contributed by atoms with Crippen molar-refractivity contribution in [3.63, 3.8) is 0 Å². The molecule has 6 nitrogen and oxygen atoms in total. The minimum absolute atomic E-state index is 0.0754. The molecule has 47 heavy (non-hydrogen) atoms. The van der Waals surface area contributed by atoms with Gasteiger partial charge in [-0.2, -0.15) is 31.3 Å². The van der Waals surface area contributed by atoms with E-state index in [1.807, 2.05) is 6.07 Å². The summed E-state index contributed by atoms with van der Waals surface area (Å²) in [6, 6.07) is 16.5. The number of thioether (sulfide) groups is 1. The number of aryl methyl sites for hydroxylation is 1. The van der Waals surface area contributed by atoms with E-state index in [-0.39, 0.29) is 23.5 Å². The molecule has 250 valence electrons. The number of unbranched alkanes of at least 4 members (excludes halogenated alkanes) is 1. The van der Waals surface area contributed by atoms with Crippen LogP contribution in [0.2, 0.25) is 0 Å². The van der Waals surface area contributed by atoms with E-state index in [1.165, 1.54) is 30.5 Å². The van der Waals surface area contributed by atoms with Gasteiger partial charge in [0.2, 0.25) is 0 Å². The number of piperazine rings is 1. The number of ether oxygens (including phenoxy) is 2. The number of halogens is 6. The molecule has 0 spiro atoms. The van der Waals surface area contributed by atoms with Gasteiger partial charge in [0.15, 0.2) is 16.7 Å². The Bertz CT molecular complexity index is 1620. The molecule has 0 aromatic heterocycles. The number of rotatable bonds is 10. The van der Waals surface area contributed by atoms with Crippen LogP contribution in [0.25, 0.3) is 6.08 Å². The SMILES string of the molecule is COc1cc(/C=C2\SC(N3CCN(CCCCc4ccccc4)CC3)=NC2=O)ccc1OCc1ccc(C(F)(F)F)cc1C(F)(F)F. The van der Waals surface area contributed by atoms with Gasteiger partial charge in [0.05, 0.1) is 23.1 Å². The van der Waals surface area contributed by atoms with Crippen LogP contribution < -0.4 is 9.47 Å². The molecule has 5 rings (SSSR count). The van der Waals surface area contributed by atoms with E-state index >= 15 is 0 Å². The maximum Gasteiger partial charge on any atom is 0.416 e. The van der Waals surface area contributed by atoms with Gasteiger partial charge in [0.1, 0.15) is 6.61 Å². The molecule has 3 aromatic carbocycles. The first-order valence-electron chi connectivity index (χ1n) is 15.0. The third-order valence-corrected chi connectivity index (χ3v) is 8.94. The molecular weight excluding hydrogens is 644 g/mol. The first-order chi connectivity index (χ1) is 22.4. The van der Waals surface area contributed by atoms with E-state index < -0.39 is 35.6 Å². The Labute approximate surface area is 273 Å². The molecule has 0 bridgehead atoms. The number of carbonyl (C=O) groups excluding carboxylic acids is 1. The predicted octanol–water partition coefficient (Wildman–Crippen LogP) is 7.92. The highest BCUT2D eigenvalue weighted by molar-refractivity contribution is 8.18. The summed E-state index contributed by atoms with van der Waals surface area (Å²) in [5, 5.41) is 0.647. The van der Waals surface area contributed by atoms with Crippen LogP contribution >= 0.6 is 11.8 Å². The fourth-order valence-electron chi connectivity index (χ4n) is 5.35. The molecule has 0 radical (unpaired) electrons. The third kappa shape index (κ3) is 9.10. The zero-order valence-corrected chi connectivity index (χ0v) is 26.4. The molecule has 3 aromatic rings. The molecule has 13 heteroatoms. The minimum atomic E-state index is -5.01. The number of carbonyl (C=O) groups is 1. The van der Waals surface area contributed by atoms with E-state index in [4.69, 9.17) is 9.47 Å². The maximum atomic E-state index is 13.5. The van der Waals surface area contributed by atoms with Gasteiger partial charge in [-0.3, -0.25) is 9.69 Å². The predicted molar refractivity (Wildman–Crippen MR) is 169 cm³/mol. The molecule has 2 aliphatic rings. The highest BCUT2D eigenvalue weighted by atomic mass is 32.2. The zero-order chi connectivity index (χ0) is 33.6. The summed E-state index contributed by atoms with van der Waals surface area (Å²) in [5.74, 6) is -0.103. The van der Waals surface area contributed by atoms with E-state index in [0.29, 0.717) is 21.7 Å². The van der Waals surface area contributed by atoms with Crippen molar-refractivity contribution in [1.29, 1.82) is 0 Å². The Hall–Kier alpha value is -3.97. The fourth-order valence-corrected chi connectivity index (χ4v) is 6.31. The minimum Gasteiger partial charge on any atom is -0.493 e. The largest absolute Gasteiger partial charge is 0.493 e. The highest BCUT2D eigenvalue weighted by Crippen LogP contribution is 2.39. The van der Waals surface area contributed by atoms with Crippen LogP contribution in [-0.4, -0.2) is 60.7 Å². The van der Waals surface area contributed by atoms with Crippen molar-refractivity contribution in [3.8, 4) is 11.5 Å². The summed E-state index contributed by atoms with van der Waals surface area (Å²) in [6.07, 6.45) is -4.97. The topological polar surface area (TPSA) is 54.4 Å². The molecule has 2 aliphatic heterocycles. The number of hydrogen-bond donors (Lipinski definition) is 0. The first-order valence-corrected chi connectivity index (χ1v) is 15.8. The second kappa shape index (κ2) is 14.8. The van der Waals surface area contributed by atoms with E-state index in [0.717, 1.165) is 58.1 Å². The van der Waals surface area contributed by atoms with Crippen molar-refractivity contribution < 1.29 is 40.6 Å². The average Bonchev–Trinajstić information content (AvgIpc) is 3.41. The normalized spacial score (nSPS) is 16.9. The number of hydrogen-bond acceptors (Lipinski definition) is 6. The van der Waals surface area contributed by atoms with Crippen molar-refractivity contribution >= 4 is 28.9 Å². The quantitative estimate of drug-likeness (QED) is 0.124. The molecule has 0 N–H and O–H groups in total. The number of alkyl halides is 6. The molecule has 1 fully saturated rings.